The third-order valence-electron chi connectivity index (χ3n) is 2.36. The average Bonchev–Trinajstić information content (AvgIpc) is 2.68. The number of aromatic nitrogens is 1. The summed E-state index contributed by atoms with van der Waals surface area (Å²) in [6.07, 6.45) is 0.143. The van der Waals surface area contributed by atoms with Crippen molar-refractivity contribution in [3.05, 3.63) is 29.3 Å². The van der Waals surface area contributed by atoms with E-state index in [0.717, 1.165) is 10.2 Å². The van der Waals surface area contributed by atoms with Crippen LogP contribution in [-0.2, 0) is 21.2 Å². The molecule has 2 aromatic rings. The summed E-state index contributed by atoms with van der Waals surface area (Å²) in [7, 11) is -3.54. The highest BCUT2D eigenvalue weighted by Gasteiger charge is 2.09. The Morgan fingerprint density at radius 3 is 2.79 bits per heavy atom. The van der Waals surface area contributed by atoms with Gasteiger partial charge in [0.2, 0.25) is 15.9 Å². The summed E-state index contributed by atoms with van der Waals surface area (Å²) in [6, 6.07) is 7.62. The molecule has 0 aliphatic heterocycles. The first kappa shape index (κ1) is 13.9. The van der Waals surface area contributed by atoms with Gasteiger partial charge in [0.25, 0.3) is 0 Å². The van der Waals surface area contributed by atoms with Gasteiger partial charge in [-0.15, -0.1) is 11.3 Å². The van der Waals surface area contributed by atoms with E-state index in [9.17, 15) is 13.2 Å². The Kier molecular flexibility index (Phi) is 4.13. The van der Waals surface area contributed by atoms with Gasteiger partial charge in [0.05, 0.1) is 22.4 Å². The third-order valence-corrected chi connectivity index (χ3v) is 4.17. The molecule has 0 spiro atoms. The van der Waals surface area contributed by atoms with Crippen LogP contribution in [0.15, 0.2) is 24.3 Å². The maximum atomic E-state index is 11.6. The zero-order valence-corrected chi connectivity index (χ0v) is 11.6. The van der Waals surface area contributed by atoms with E-state index in [-0.39, 0.29) is 24.6 Å². The van der Waals surface area contributed by atoms with Gasteiger partial charge in [-0.1, -0.05) is 12.1 Å². The lowest BCUT2D eigenvalue weighted by Crippen LogP contribution is -2.32. The van der Waals surface area contributed by atoms with Crippen LogP contribution in [0.5, 0.6) is 0 Å². The molecular formula is C11H13N3O3S2. The van der Waals surface area contributed by atoms with Crippen molar-refractivity contribution in [2.45, 2.75) is 6.42 Å². The number of nitrogens with one attached hydrogen (secondary N) is 1. The van der Waals surface area contributed by atoms with E-state index < -0.39 is 10.0 Å². The molecule has 19 heavy (non-hydrogen) atoms. The highest BCUT2D eigenvalue weighted by molar-refractivity contribution is 7.89. The molecule has 0 saturated heterocycles. The second-order valence-electron chi connectivity index (χ2n) is 3.97. The molecule has 0 unspecified atom stereocenters. The summed E-state index contributed by atoms with van der Waals surface area (Å²) in [6.45, 7) is 0.0164. The molecule has 6 nitrogen and oxygen atoms in total. The zero-order chi connectivity index (χ0) is 13.9. The minimum absolute atomic E-state index is 0.0164. The number of benzene rings is 1. The lowest BCUT2D eigenvalue weighted by atomic mass is 10.3. The summed E-state index contributed by atoms with van der Waals surface area (Å²) in [4.78, 5) is 15.9. The molecule has 1 aromatic heterocycles. The van der Waals surface area contributed by atoms with Crippen LogP contribution in [0.2, 0.25) is 0 Å². The first-order valence-electron chi connectivity index (χ1n) is 5.56. The molecule has 1 amide bonds. The molecule has 0 atom stereocenters. The molecule has 0 aliphatic rings. The van der Waals surface area contributed by atoms with E-state index in [2.05, 4.69) is 10.3 Å². The Morgan fingerprint density at radius 2 is 2.11 bits per heavy atom. The van der Waals surface area contributed by atoms with Crippen molar-refractivity contribution in [3.8, 4) is 0 Å². The van der Waals surface area contributed by atoms with Crippen LogP contribution in [0.1, 0.15) is 5.01 Å². The number of carbonyl (C=O) groups excluding carboxylic acids is 1. The van der Waals surface area contributed by atoms with Gasteiger partial charge < -0.3 is 5.32 Å². The molecule has 2 rings (SSSR count). The highest BCUT2D eigenvalue weighted by Crippen LogP contribution is 2.21. The number of thiazole rings is 1. The lowest BCUT2D eigenvalue weighted by Gasteiger charge is -2.02. The number of primary sulfonamides is 1. The maximum Gasteiger partial charge on any atom is 0.226 e. The summed E-state index contributed by atoms with van der Waals surface area (Å²) in [5, 5.41) is 8.04. The van der Waals surface area contributed by atoms with Gasteiger partial charge in [0, 0.05) is 6.54 Å². The molecule has 3 N–H and O–H groups in total. The van der Waals surface area contributed by atoms with E-state index in [4.69, 9.17) is 5.14 Å². The number of fused-ring (bicyclic) bond motifs is 1. The smallest absolute Gasteiger partial charge is 0.226 e. The molecule has 1 heterocycles. The summed E-state index contributed by atoms with van der Waals surface area (Å²) in [5.41, 5.74) is 0.861. The highest BCUT2D eigenvalue weighted by atomic mass is 32.2. The number of sulfonamides is 1. The van der Waals surface area contributed by atoms with Gasteiger partial charge >= 0.3 is 0 Å². The predicted molar refractivity (Wildman–Crippen MR) is 74.3 cm³/mol. The summed E-state index contributed by atoms with van der Waals surface area (Å²) < 4.78 is 22.4. The number of carbonyl (C=O) groups is 1. The van der Waals surface area contributed by atoms with E-state index in [1.807, 2.05) is 24.3 Å². The first-order valence-corrected chi connectivity index (χ1v) is 8.09. The predicted octanol–water partition coefficient (Wildman–Crippen LogP) is 0.244. The van der Waals surface area contributed by atoms with Crippen molar-refractivity contribution in [1.82, 2.24) is 10.3 Å². The fraction of sp³-hybridized carbons (Fsp3) is 0.273. The number of nitrogens with two attached hydrogens (primary N) is 1. The number of rotatable bonds is 5. The van der Waals surface area contributed by atoms with Gasteiger partial charge in [-0.3, -0.25) is 4.79 Å². The molecule has 1 aromatic carbocycles. The minimum Gasteiger partial charge on any atom is -0.355 e. The van der Waals surface area contributed by atoms with Crippen LogP contribution in [0.4, 0.5) is 0 Å². The van der Waals surface area contributed by atoms with E-state index in [0.29, 0.717) is 5.01 Å². The van der Waals surface area contributed by atoms with Gasteiger partial charge in [0.15, 0.2) is 0 Å². The fourth-order valence-corrected chi connectivity index (χ4v) is 2.88. The van der Waals surface area contributed by atoms with Gasteiger partial charge in [-0.25, -0.2) is 18.5 Å². The summed E-state index contributed by atoms with van der Waals surface area (Å²) in [5.74, 6) is -0.527. The van der Waals surface area contributed by atoms with Gasteiger partial charge in [-0.05, 0) is 12.1 Å². The van der Waals surface area contributed by atoms with E-state index in [1.165, 1.54) is 11.3 Å². The Balaban J connectivity index is 1.92. The average molecular weight is 299 g/mol. The number of amides is 1. The van der Waals surface area contributed by atoms with Crippen LogP contribution in [0.3, 0.4) is 0 Å². The van der Waals surface area contributed by atoms with Crippen LogP contribution in [-0.4, -0.2) is 31.6 Å². The van der Waals surface area contributed by atoms with Crippen LogP contribution < -0.4 is 10.5 Å². The Bertz CT molecular complexity index is 661. The molecule has 0 aliphatic carbocycles. The van der Waals surface area contributed by atoms with E-state index >= 15 is 0 Å². The van der Waals surface area contributed by atoms with Crippen molar-refractivity contribution in [2.75, 3.05) is 12.3 Å². The van der Waals surface area contributed by atoms with Crippen molar-refractivity contribution in [3.63, 3.8) is 0 Å². The molecule has 0 radical (unpaired) electrons. The number of nitrogens with zero attached hydrogens (tertiary/aromatic N) is 1. The second kappa shape index (κ2) is 5.64. The molecule has 0 fully saturated rings. The first-order chi connectivity index (χ1) is 8.94. The Labute approximate surface area is 114 Å². The van der Waals surface area contributed by atoms with Crippen LogP contribution in [0, 0.1) is 0 Å². The second-order valence-corrected chi connectivity index (χ2v) is 6.82. The quantitative estimate of drug-likeness (QED) is 0.825. The third kappa shape index (κ3) is 4.27. The number of hydrogen-bond donors (Lipinski definition) is 2. The largest absolute Gasteiger partial charge is 0.355 e. The van der Waals surface area contributed by atoms with Gasteiger partial charge in [-0.2, -0.15) is 0 Å². The lowest BCUT2D eigenvalue weighted by molar-refractivity contribution is -0.120. The fourth-order valence-electron chi connectivity index (χ4n) is 1.53. The Morgan fingerprint density at radius 1 is 1.37 bits per heavy atom. The van der Waals surface area contributed by atoms with Crippen LogP contribution >= 0.6 is 11.3 Å². The normalized spacial score (nSPS) is 11.6. The standard InChI is InChI=1S/C11H13N3O3S2/c12-19(16,17)6-5-13-10(15)7-11-14-8-3-1-2-4-9(8)18-11/h1-4H,5-7H2,(H,13,15)(H2,12,16,17). The number of hydrogen-bond acceptors (Lipinski definition) is 5. The zero-order valence-electron chi connectivity index (χ0n) is 10.00. The van der Waals surface area contributed by atoms with Crippen molar-refractivity contribution in [2.24, 2.45) is 5.14 Å². The Hall–Kier alpha value is -1.51. The molecule has 8 heteroatoms. The topological polar surface area (TPSA) is 102 Å². The van der Waals surface area contributed by atoms with Crippen molar-refractivity contribution in [1.29, 1.82) is 0 Å². The summed E-state index contributed by atoms with van der Waals surface area (Å²) >= 11 is 1.45. The van der Waals surface area contributed by atoms with Crippen molar-refractivity contribution < 1.29 is 13.2 Å². The molecule has 0 bridgehead atoms. The maximum absolute atomic E-state index is 11.6. The van der Waals surface area contributed by atoms with E-state index in [1.54, 1.807) is 0 Å². The van der Waals surface area contributed by atoms with Crippen molar-refractivity contribution >= 4 is 37.5 Å². The SMILES string of the molecule is NS(=O)(=O)CCNC(=O)Cc1nc2ccccc2s1. The van der Waals surface area contributed by atoms with Crippen LogP contribution in [0.25, 0.3) is 10.2 Å². The monoisotopic (exact) mass is 299 g/mol. The molecule has 0 saturated carbocycles. The minimum atomic E-state index is -3.54. The molecule has 102 valence electrons. The number of para-hydroxylation sites is 1. The molecular weight excluding hydrogens is 286 g/mol. The van der Waals surface area contributed by atoms with Gasteiger partial charge in [0.1, 0.15) is 5.01 Å².